The van der Waals surface area contributed by atoms with Crippen LogP contribution < -0.4 is 10.1 Å². The molecule has 20 heavy (non-hydrogen) atoms. The van der Waals surface area contributed by atoms with Gasteiger partial charge in [-0.3, -0.25) is 0 Å². The van der Waals surface area contributed by atoms with E-state index >= 15 is 0 Å². The maximum Gasteiger partial charge on any atom is 0.174 e. The average Bonchev–Trinajstić information content (AvgIpc) is 2.47. The van der Waals surface area contributed by atoms with Gasteiger partial charge in [-0.1, -0.05) is 12.1 Å². The van der Waals surface area contributed by atoms with Gasteiger partial charge in [0.2, 0.25) is 0 Å². The number of phenolic OH excluding ortho intramolecular Hbond substituents is 1. The minimum Gasteiger partial charge on any atom is -0.505 e. The lowest BCUT2D eigenvalue weighted by Gasteiger charge is -2.08. The zero-order valence-electron chi connectivity index (χ0n) is 10.6. The number of anilines is 1. The van der Waals surface area contributed by atoms with E-state index in [9.17, 15) is 4.39 Å². The summed E-state index contributed by atoms with van der Waals surface area (Å²) < 4.78 is 18.4. The highest BCUT2D eigenvalue weighted by Crippen LogP contribution is 2.20. The van der Waals surface area contributed by atoms with Crippen molar-refractivity contribution in [3.05, 3.63) is 53.8 Å². The number of ether oxygens (including phenoxy) is 1. The summed E-state index contributed by atoms with van der Waals surface area (Å²) in [7, 11) is 0. The van der Waals surface area contributed by atoms with Gasteiger partial charge in [0.1, 0.15) is 11.8 Å². The predicted octanol–water partition coefficient (Wildman–Crippen LogP) is 3.05. The van der Waals surface area contributed by atoms with Crippen LogP contribution in [0.3, 0.4) is 0 Å². The second-order valence-electron chi connectivity index (χ2n) is 4.11. The Morgan fingerprint density at radius 3 is 2.85 bits per heavy atom. The molecule has 0 bridgehead atoms. The Kier molecular flexibility index (Phi) is 4.40. The Morgan fingerprint density at radius 1 is 1.25 bits per heavy atom. The van der Waals surface area contributed by atoms with Crippen molar-refractivity contribution in [1.29, 1.82) is 5.26 Å². The molecule has 0 aromatic heterocycles. The van der Waals surface area contributed by atoms with Gasteiger partial charge in [0.15, 0.2) is 18.2 Å². The molecule has 102 valence electrons. The summed E-state index contributed by atoms with van der Waals surface area (Å²) in [6.45, 7) is 0.480. The molecule has 0 fully saturated rings. The zero-order valence-corrected chi connectivity index (χ0v) is 10.6. The maximum atomic E-state index is 13.2. The van der Waals surface area contributed by atoms with E-state index in [-0.39, 0.29) is 12.4 Å². The molecule has 0 saturated heterocycles. The molecule has 0 amide bonds. The number of hydrogen-bond acceptors (Lipinski definition) is 4. The van der Waals surface area contributed by atoms with Crippen molar-refractivity contribution in [2.75, 3.05) is 11.9 Å². The number of hydrogen-bond donors (Lipinski definition) is 2. The fourth-order valence-electron chi connectivity index (χ4n) is 1.68. The molecule has 0 unspecified atom stereocenters. The lowest BCUT2D eigenvalue weighted by Crippen LogP contribution is -2.00. The first kappa shape index (κ1) is 13.7. The van der Waals surface area contributed by atoms with Crippen molar-refractivity contribution in [3.8, 4) is 17.6 Å². The van der Waals surface area contributed by atoms with Gasteiger partial charge in [-0.15, -0.1) is 0 Å². The fraction of sp³-hybridized carbons (Fsp3) is 0.133. The quantitative estimate of drug-likeness (QED) is 0.821. The summed E-state index contributed by atoms with van der Waals surface area (Å²) in [4.78, 5) is 0. The second-order valence-corrected chi connectivity index (χ2v) is 4.11. The largest absolute Gasteiger partial charge is 0.505 e. The molecule has 0 atom stereocenters. The molecule has 0 aliphatic heterocycles. The van der Waals surface area contributed by atoms with Gasteiger partial charge >= 0.3 is 0 Å². The zero-order chi connectivity index (χ0) is 14.4. The van der Waals surface area contributed by atoms with Crippen molar-refractivity contribution in [2.24, 2.45) is 0 Å². The lowest BCUT2D eigenvalue weighted by molar-refractivity contribution is 0.368. The number of benzene rings is 2. The summed E-state index contributed by atoms with van der Waals surface area (Å²) in [6.07, 6.45) is 0. The number of phenols is 1. The molecule has 0 spiro atoms. The van der Waals surface area contributed by atoms with Gasteiger partial charge in [-0.05, 0) is 29.8 Å². The van der Waals surface area contributed by atoms with Gasteiger partial charge in [0, 0.05) is 18.3 Å². The SMILES string of the molecule is N#CCOc1cccc(CNc2ccc(O)c(F)c2)c1. The summed E-state index contributed by atoms with van der Waals surface area (Å²) >= 11 is 0. The Bertz CT molecular complexity index is 638. The summed E-state index contributed by atoms with van der Waals surface area (Å²) in [5, 5.41) is 20.6. The van der Waals surface area contributed by atoms with E-state index < -0.39 is 5.82 Å². The van der Waals surface area contributed by atoms with E-state index in [1.165, 1.54) is 12.1 Å². The van der Waals surface area contributed by atoms with Gasteiger partial charge in [0.25, 0.3) is 0 Å². The van der Waals surface area contributed by atoms with E-state index in [4.69, 9.17) is 15.1 Å². The van der Waals surface area contributed by atoms with Crippen LogP contribution in [0.15, 0.2) is 42.5 Å². The molecular formula is C15H13FN2O2. The van der Waals surface area contributed by atoms with Gasteiger partial charge < -0.3 is 15.2 Å². The number of nitriles is 1. The van der Waals surface area contributed by atoms with Gasteiger partial charge in [-0.25, -0.2) is 4.39 Å². The first-order valence-corrected chi connectivity index (χ1v) is 6.00. The minimum atomic E-state index is -0.666. The summed E-state index contributed by atoms with van der Waals surface area (Å²) in [5.41, 5.74) is 1.51. The molecule has 2 rings (SSSR count). The average molecular weight is 272 g/mol. The van der Waals surface area contributed by atoms with Crippen molar-refractivity contribution < 1.29 is 14.2 Å². The number of aromatic hydroxyl groups is 1. The number of rotatable bonds is 5. The molecule has 0 radical (unpaired) electrons. The van der Waals surface area contributed by atoms with E-state index in [1.807, 2.05) is 18.2 Å². The standard InChI is InChI=1S/C15H13FN2O2/c16-14-9-12(4-5-15(14)19)18-10-11-2-1-3-13(8-11)20-7-6-17/h1-5,8-9,18-19H,7,10H2. The van der Waals surface area contributed by atoms with Crippen LogP contribution in [0.2, 0.25) is 0 Å². The number of halogens is 1. The molecule has 2 aromatic rings. The third-order valence-electron chi connectivity index (χ3n) is 2.65. The molecule has 5 heteroatoms. The van der Waals surface area contributed by atoms with Crippen LogP contribution in [0.1, 0.15) is 5.56 Å². The summed E-state index contributed by atoms with van der Waals surface area (Å²) in [5.74, 6) is -0.425. The highest BCUT2D eigenvalue weighted by Gasteiger charge is 2.02. The molecular weight excluding hydrogens is 259 g/mol. The Balaban J connectivity index is 1.99. The molecule has 0 heterocycles. The van der Waals surface area contributed by atoms with Crippen LogP contribution in [0.4, 0.5) is 10.1 Å². The van der Waals surface area contributed by atoms with E-state index in [2.05, 4.69) is 5.32 Å². The Labute approximate surface area is 116 Å². The number of nitrogens with one attached hydrogen (secondary N) is 1. The Morgan fingerprint density at radius 2 is 2.10 bits per heavy atom. The first-order valence-electron chi connectivity index (χ1n) is 6.00. The third kappa shape index (κ3) is 3.62. The van der Waals surface area contributed by atoms with E-state index in [1.54, 1.807) is 18.2 Å². The molecule has 2 aromatic carbocycles. The minimum absolute atomic E-state index is 0.0000548. The smallest absolute Gasteiger partial charge is 0.174 e. The predicted molar refractivity (Wildman–Crippen MR) is 72.9 cm³/mol. The molecule has 0 aliphatic rings. The first-order chi connectivity index (χ1) is 9.69. The van der Waals surface area contributed by atoms with Gasteiger partial charge in [0.05, 0.1) is 0 Å². The molecule has 4 nitrogen and oxygen atoms in total. The van der Waals surface area contributed by atoms with Crippen LogP contribution in [0.25, 0.3) is 0 Å². The van der Waals surface area contributed by atoms with Crippen LogP contribution in [0, 0.1) is 17.1 Å². The number of nitrogens with zero attached hydrogens (tertiary/aromatic N) is 1. The van der Waals surface area contributed by atoms with Crippen molar-refractivity contribution in [3.63, 3.8) is 0 Å². The van der Waals surface area contributed by atoms with Crippen LogP contribution in [-0.4, -0.2) is 11.7 Å². The van der Waals surface area contributed by atoms with Crippen LogP contribution in [0.5, 0.6) is 11.5 Å². The van der Waals surface area contributed by atoms with Crippen molar-refractivity contribution >= 4 is 5.69 Å². The Hall–Kier alpha value is -2.74. The highest BCUT2D eigenvalue weighted by molar-refractivity contribution is 5.47. The highest BCUT2D eigenvalue weighted by atomic mass is 19.1. The summed E-state index contributed by atoms with van der Waals surface area (Å²) in [6, 6.07) is 13.3. The maximum absolute atomic E-state index is 13.2. The van der Waals surface area contributed by atoms with Crippen LogP contribution in [-0.2, 0) is 6.54 Å². The van der Waals surface area contributed by atoms with Gasteiger partial charge in [-0.2, -0.15) is 5.26 Å². The monoisotopic (exact) mass is 272 g/mol. The molecule has 2 N–H and O–H groups in total. The topological polar surface area (TPSA) is 65.3 Å². The van der Waals surface area contributed by atoms with E-state index in [0.29, 0.717) is 18.0 Å². The van der Waals surface area contributed by atoms with E-state index in [0.717, 1.165) is 5.56 Å². The van der Waals surface area contributed by atoms with Crippen LogP contribution >= 0.6 is 0 Å². The lowest BCUT2D eigenvalue weighted by atomic mass is 10.2. The molecule has 0 saturated carbocycles. The second kappa shape index (κ2) is 6.43. The van der Waals surface area contributed by atoms with Crippen molar-refractivity contribution in [1.82, 2.24) is 0 Å². The normalized spacial score (nSPS) is 9.80. The third-order valence-corrected chi connectivity index (χ3v) is 2.65. The molecule has 0 aliphatic carbocycles. The van der Waals surface area contributed by atoms with Crippen molar-refractivity contribution in [2.45, 2.75) is 6.54 Å². The fourth-order valence-corrected chi connectivity index (χ4v) is 1.68.